The molecule has 1 atom stereocenters. The minimum absolute atomic E-state index is 0.0702. The van der Waals surface area contributed by atoms with E-state index in [1.165, 1.54) is 0 Å². The van der Waals surface area contributed by atoms with Gasteiger partial charge in [-0.05, 0) is 31.9 Å². The molecule has 0 radical (unpaired) electrons. The largest absolute Gasteiger partial charge is 0.380 e. The number of aromatic nitrogens is 1. The summed E-state index contributed by atoms with van der Waals surface area (Å²) in [5.74, 6) is 0.846. The first-order chi connectivity index (χ1) is 9.67. The van der Waals surface area contributed by atoms with Gasteiger partial charge in [0.25, 0.3) is 5.91 Å². The van der Waals surface area contributed by atoms with Crippen molar-refractivity contribution in [2.75, 3.05) is 32.1 Å². The third-order valence-corrected chi connectivity index (χ3v) is 3.61. The first kappa shape index (κ1) is 14.8. The van der Waals surface area contributed by atoms with E-state index in [0.717, 1.165) is 37.4 Å². The molecule has 110 valence electrons. The summed E-state index contributed by atoms with van der Waals surface area (Å²) in [5, 5.41) is 3.18. The van der Waals surface area contributed by atoms with Crippen molar-refractivity contribution in [3.8, 4) is 0 Å². The number of methoxy groups -OCH3 is 1. The van der Waals surface area contributed by atoms with Crippen molar-refractivity contribution in [2.24, 2.45) is 0 Å². The van der Waals surface area contributed by atoms with Crippen molar-refractivity contribution in [3.05, 3.63) is 23.4 Å². The number of pyridine rings is 1. The van der Waals surface area contributed by atoms with Gasteiger partial charge in [-0.25, -0.2) is 4.98 Å². The summed E-state index contributed by atoms with van der Waals surface area (Å²) < 4.78 is 5.32. The Balaban J connectivity index is 2.18. The smallest absolute Gasteiger partial charge is 0.254 e. The van der Waals surface area contributed by atoms with Crippen LogP contribution in [-0.4, -0.2) is 48.6 Å². The maximum Gasteiger partial charge on any atom is 0.254 e. The zero-order valence-corrected chi connectivity index (χ0v) is 12.5. The van der Waals surface area contributed by atoms with Crippen LogP contribution in [0.5, 0.6) is 0 Å². The Hall–Kier alpha value is -1.62. The van der Waals surface area contributed by atoms with Gasteiger partial charge in [0.2, 0.25) is 0 Å². The summed E-state index contributed by atoms with van der Waals surface area (Å²) in [6.45, 7) is 6.30. The normalized spacial score (nSPS) is 18.4. The summed E-state index contributed by atoms with van der Waals surface area (Å²) in [5.41, 5.74) is 1.65. The lowest BCUT2D eigenvalue weighted by atomic mass is 10.1. The highest BCUT2D eigenvalue weighted by atomic mass is 16.5. The fourth-order valence-corrected chi connectivity index (χ4v) is 2.45. The van der Waals surface area contributed by atoms with Crippen LogP contribution in [-0.2, 0) is 11.2 Å². The molecule has 1 saturated heterocycles. The molecule has 1 aliphatic rings. The molecule has 0 saturated carbocycles. The Labute approximate surface area is 120 Å². The summed E-state index contributed by atoms with van der Waals surface area (Å²) >= 11 is 0. The molecule has 5 heteroatoms. The van der Waals surface area contributed by atoms with Gasteiger partial charge in [0.15, 0.2) is 0 Å². The predicted octanol–water partition coefficient (Wildman–Crippen LogP) is 1.94. The number of aryl methyl sites for hydroxylation is 1. The van der Waals surface area contributed by atoms with E-state index in [4.69, 9.17) is 4.74 Å². The van der Waals surface area contributed by atoms with E-state index >= 15 is 0 Å². The van der Waals surface area contributed by atoms with Gasteiger partial charge in [-0.15, -0.1) is 0 Å². The standard InChI is InChI=1S/C15H23N3O2/c1-4-12-8-11(9-14(17-12)16-5-2)15(19)18-7-6-13(10-18)20-3/h8-9,13H,4-7,10H2,1-3H3,(H,16,17). The molecule has 0 bridgehead atoms. The number of ether oxygens (including phenoxy) is 1. The molecule has 5 nitrogen and oxygen atoms in total. The highest BCUT2D eigenvalue weighted by Gasteiger charge is 2.27. The summed E-state index contributed by atoms with van der Waals surface area (Å²) in [6, 6.07) is 3.73. The van der Waals surface area contributed by atoms with Gasteiger partial charge in [-0.3, -0.25) is 4.79 Å². The Morgan fingerprint density at radius 1 is 1.50 bits per heavy atom. The molecule has 1 aliphatic heterocycles. The highest BCUT2D eigenvalue weighted by molar-refractivity contribution is 5.95. The number of hydrogen-bond donors (Lipinski definition) is 1. The first-order valence-corrected chi connectivity index (χ1v) is 7.24. The molecule has 1 N–H and O–H groups in total. The Kier molecular flexibility index (Phi) is 4.95. The van der Waals surface area contributed by atoms with Crippen LogP contribution in [0.1, 0.15) is 36.3 Å². The second-order valence-electron chi connectivity index (χ2n) is 5.01. The van der Waals surface area contributed by atoms with Crippen LogP contribution in [0, 0.1) is 0 Å². The number of nitrogens with one attached hydrogen (secondary N) is 1. The first-order valence-electron chi connectivity index (χ1n) is 7.24. The number of carbonyl (C=O) groups is 1. The number of anilines is 1. The molecule has 0 aliphatic carbocycles. The molecule has 0 aromatic carbocycles. The van der Waals surface area contributed by atoms with Gasteiger partial charge in [0, 0.05) is 38.0 Å². The average molecular weight is 277 g/mol. The molecule has 20 heavy (non-hydrogen) atoms. The van der Waals surface area contributed by atoms with E-state index in [0.29, 0.717) is 12.1 Å². The van der Waals surface area contributed by atoms with Crippen LogP contribution in [0.25, 0.3) is 0 Å². The van der Waals surface area contributed by atoms with Gasteiger partial charge in [-0.2, -0.15) is 0 Å². The van der Waals surface area contributed by atoms with Crippen molar-refractivity contribution < 1.29 is 9.53 Å². The third-order valence-electron chi connectivity index (χ3n) is 3.61. The number of rotatable bonds is 5. The maximum atomic E-state index is 12.5. The van der Waals surface area contributed by atoms with Crippen LogP contribution >= 0.6 is 0 Å². The second-order valence-corrected chi connectivity index (χ2v) is 5.01. The molecule has 1 unspecified atom stereocenters. The Morgan fingerprint density at radius 2 is 2.30 bits per heavy atom. The fourth-order valence-electron chi connectivity index (χ4n) is 2.45. The molecule has 1 amide bonds. The monoisotopic (exact) mass is 277 g/mol. The van der Waals surface area contributed by atoms with E-state index in [1.807, 2.05) is 30.9 Å². The number of carbonyl (C=O) groups excluding carboxylic acids is 1. The zero-order valence-electron chi connectivity index (χ0n) is 12.5. The Bertz CT molecular complexity index is 476. The number of hydrogen-bond acceptors (Lipinski definition) is 4. The molecule has 1 aromatic rings. The lowest BCUT2D eigenvalue weighted by molar-refractivity contribution is 0.0724. The van der Waals surface area contributed by atoms with E-state index in [9.17, 15) is 4.79 Å². The predicted molar refractivity (Wildman–Crippen MR) is 79.1 cm³/mol. The van der Waals surface area contributed by atoms with Crippen LogP contribution in [0.2, 0.25) is 0 Å². The van der Waals surface area contributed by atoms with Gasteiger partial charge in [0.05, 0.1) is 6.10 Å². The topological polar surface area (TPSA) is 54.5 Å². The van der Waals surface area contributed by atoms with Crippen LogP contribution in [0.15, 0.2) is 12.1 Å². The van der Waals surface area contributed by atoms with Crippen molar-refractivity contribution in [3.63, 3.8) is 0 Å². The maximum absolute atomic E-state index is 12.5. The molecule has 1 fully saturated rings. The molecular formula is C15H23N3O2. The lowest BCUT2D eigenvalue weighted by Crippen LogP contribution is -2.30. The summed E-state index contributed by atoms with van der Waals surface area (Å²) in [4.78, 5) is 18.9. The quantitative estimate of drug-likeness (QED) is 0.893. The zero-order chi connectivity index (χ0) is 14.5. The molecule has 0 spiro atoms. The van der Waals surface area contributed by atoms with E-state index in [1.54, 1.807) is 7.11 Å². The van der Waals surface area contributed by atoms with Crippen LogP contribution < -0.4 is 5.32 Å². The van der Waals surface area contributed by atoms with Crippen LogP contribution in [0.3, 0.4) is 0 Å². The Morgan fingerprint density at radius 3 is 2.90 bits per heavy atom. The van der Waals surface area contributed by atoms with Gasteiger partial charge in [-0.1, -0.05) is 6.92 Å². The SMILES string of the molecule is CCNc1cc(C(=O)N2CCC(OC)C2)cc(CC)n1. The molecule has 2 rings (SSSR count). The lowest BCUT2D eigenvalue weighted by Gasteiger charge is -2.17. The minimum Gasteiger partial charge on any atom is -0.380 e. The van der Waals surface area contributed by atoms with Gasteiger partial charge < -0.3 is 15.0 Å². The van der Waals surface area contributed by atoms with Gasteiger partial charge in [0.1, 0.15) is 5.82 Å². The van der Waals surface area contributed by atoms with E-state index < -0.39 is 0 Å². The third kappa shape index (κ3) is 3.28. The number of likely N-dealkylation sites (tertiary alicyclic amines) is 1. The second kappa shape index (κ2) is 6.70. The van der Waals surface area contributed by atoms with E-state index in [-0.39, 0.29) is 12.0 Å². The van der Waals surface area contributed by atoms with Crippen molar-refractivity contribution in [1.29, 1.82) is 0 Å². The average Bonchev–Trinajstić information content (AvgIpc) is 2.95. The number of nitrogens with zero attached hydrogens (tertiary/aromatic N) is 2. The summed E-state index contributed by atoms with van der Waals surface area (Å²) in [6.07, 6.45) is 1.90. The molecule has 1 aromatic heterocycles. The van der Waals surface area contributed by atoms with Crippen molar-refractivity contribution >= 4 is 11.7 Å². The highest BCUT2D eigenvalue weighted by Crippen LogP contribution is 2.18. The van der Waals surface area contributed by atoms with Crippen molar-refractivity contribution in [2.45, 2.75) is 32.8 Å². The van der Waals surface area contributed by atoms with Crippen molar-refractivity contribution in [1.82, 2.24) is 9.88 Å². The summed E-state index contributed by atoms with van der Waals surface area (Å²) in [7, 11) is 1.70. The minimum atomic E-state index is 0.0702. The number of amides is 1. The van der Waals surface area contributed by atoms with Gasteiger partial charge >= 0.3 is 0 Å². The molecule has 2 heterocycles. The molecular weight excluding hydrogens is 254 g/mol. The van der Waals surface area contributed by atoms with E-state index in [2.05, 4.69) is 10.3 Å². The van der Waals surface area contributed by atoms with Crippen LogP contribution in [0.4, 0.5) is 5.82 Å². The fraction of sp³-hybridized carbons (Fsp3) is 0.600.